The summed E-state index contributed by atoms with van der Waals surface area (Å²) in [6.07, 6.45) is -0.974. The van der Waals surface area contributed by atoms with Gasteiger partial charge in [-0.1, -0.05) is 48.0 Å². The number of carbonyl (C=O) groups is 4. The molecule has 2 aromatic carbocycles. The Bertz CT molecular complexity index is 1120. The van der Waals surface area contributed by atoms with Gasteiger partial charge in [-0.05, 0) is 39.3 Å². The van der Waals surface area contributed by atoms with Gasteiger partial charge < -0.3 is 24.4 Å². The summed E-state index contributed by atoms with van der Waals surface area (Å²) in [5.74, 6) is -4.57. The van der Waals surface area contributed by atoms with Crippen LogP contribution in [0.15, 0.2) is 48.5 Å². The number of anilines is 1. The van der Waals surface area contributed by atoms with E-state index in [9.17, 15) is 19.2 Å². The quantitative estimate of drug-likeness (QED) is 0.382. The molecule has 0 radical (unpaired) electrons. The third-order valence-electron chi connectivity index (χ3n) is 5.64. The molecule has 186 valence electrons. The number of nitrogens with one attached hydrogen (secondary N) is 1. The number of rotatable bonds is 6. The molecule has 9 nitrogen and oxygen atoms in total. The van der Waals surface area contributed by atoms with Gasteiger partial charge in [0.2, 0.25) is 0 Å². The van der Waals surface area contributed by atoms with Gasteiger partial charge in [0.05, 0.1) is 26.5 Å². The van der Waals surface area contributed by atoms with E-state index < -0.39 is 41.0 Å². The lowest BCUT2D eigenvalue weighted by Crippen LogP contribution is -2.62. The molecule has 1 N–H and O–H groups in total. The number of hydrogen-bond donors (Lipinski definition) is 1. The summed E-state index contributed by atoms with van der Waals surface area (Å²) in [6, 6.07) is 14.4. The van der Waals surface area contributed by atoms with E-state index in [-0.39, 0.29) is 12.1 Å². The summed E-state index contributed by atoms with van der Waals surface area (Å²) in [6.45, 7) is 6.92. The fraction of sp³-hybridized carbons (Fsp3) is 0.385. The van der Waals surface area contributed by atoms with Crippen molar-refractivity contribution >= 4 is 29.6 Å². The first-order valence-electron chi connectivity index (χ1n) is 11.1. The molecular weight excluding hydrogens is 452 g/mol. The molecule has 0 aromatic heterocycles. The van der Waals surface area contributed by atoms with E-state index in [2.05, 4.69) is 5.32 Å². The number of fused-ring (bicyclic) bond motifs is 1. The Morgan fingerprint density at radius 2 is 1.60 bits per heavy atom. The van der Waals surface area contributed by atoms with Crippen LogP contribution in [0.1, 0.15) is 37.5 Å². The topological polar surface area (TPSA) is 111 Å². The normalized spacial score (nSPS) is 17.1. The molecule has 2 aromatic rings. The predicted octanol–water partition coefficient (Wildman–Crippen LogP) is 3.22. The van der Waals surface area contributed by atoms with Gasteiger partial charge in [-0.2, -0.15) is 0 Å². The van der Waals surface area contributed by atoms with Crippen molar-refractivity contribution in [3.05, 3.63) is 65.2 Å². The van der Waals surface area contributed by atoms with Crippen LogP contribution in [-0.2, 0) is 40.7 Å². The average molecular weight is 483 g/mol. The van der Waals surface area contributed by atoms with Crippen LogP contribution >= 0.6 is 0 Å². The maximum Gasteiger partial charge on any atom is 0.408 e. The highest BCUT2D eigenvalue weighted by Gasteiger charge is 2.63. The van der Waals surface area contributed by atoms with Gasteiger partial charge in [0.15, 0.2) is 11.5 Å². The summed E-state index contributed by atoms with van der Waals surface area (Å²) < 4.78 is 15.2. The lowest BCUT2D eigenvalue weighted by Gasteiger charge is -2.35. The average Bonchev–Trinajstić information content (AvgIpc) is 3.00. The standard InChI is InChI=1S/C26H30N2O7/c1-16-12-13-19-18(14-16)26(27-24(32)35-25(2,3)4,20(21(29)33-5)22(30)34-6)23(31)28(19)15-17-10-8-7-9-11-17/h7-14,20H,15H2,1-6H3,(H,27,32)/t26-/m0/s1. The molecular formula is C26H30N2O7. The molecule has 0 saturated carbocycles. The van der Waals surface area contributed by atoms with Crippen LogP contribution < -0.4 is 10.2 Å². The zero-order chi connectivity index (χ0) is 26.0. The Balaban J connectivity index is 2.27. The second kappa shape index (κ2) is 9.77. The lowest BCUT2D eigenvalue weighted by atomic mass is 9.78. The van der Waals surface area contributed by atoms with E-state index >= 15 is 0 Å². The number of esters is 2. The van der Waals surface area contributed by atoms with E-state index in [0.717, 1.165) is 25.3 Å². The van der Waals surface area contributed by atoms with Gasteiger partial charge in [0.25, 0.3) is 5.91 Å². The smallest absolute Gasteiger partial charge is 0.408 e. The zero-order valence-corrected chi connectivity index (χ0v) is 20.7. The van der Waals surface area contributed by atoms with E-state index in [1.54, 1.807) is 45.9 Å². The van der Waals surface area contributed by atoms with Gasteiger partial charge in [-0.3, -0.25) is 14.4 Å². The van der Waals surface area contributed by atoms with Gasteiger partial charge in [-0.25, -0.2) is 4.79 Å². The monoisotopic (exact) mass is 482 g/mol. The number of methoxy groups -OCH3 is 2. The second-order valence-electron chi connectivity index (χ2n) is 9.31. The highest BCUT2D eigenvalue weighted by atomic mass is 16.6. The molecule has 1 heterocycles. The molecule has 3 rings (SSSR count). The summed E-state index contributed by atoms with van der Waals surface area (Å²) in [7, 11) is 2.19. The highest BCUT2D eigenvalue weighted by Crippen LogP contribution is 2.47. The summed E-state index contributed by atoms with van der Waals surface area (Å²) in [5, 5.41) is 2.57. The zero-order valence-electron chi connectivity index (χ0n) is 20.7. The Morgan fingerprint density at radius 1 is 1.00 bits per heavy atom. The van der Waals surface area contributed by atoms with Crippen LogP contribution in [0, 0.1) is 12.8 Å². The van der Waals surface area contributed by atoms with Gasteiger partial charge in [-0.15, -0.1) is 0 Å². The summed E-state index contributed by atoms with van der Waals surface area (Å²) >= 11 is 0. The molecule has 0 bridgehead atoms. The van der Waals surface area contributed by atoms with Crippen LogP contribution in [0.3, 0.4) is 0 Å². The van der Waals surface area contributed by atoms with Gasteiger partial charge in [0.1, 0.15) is 5.60 Å². The predicted molar refractivity (Wildman–Crippen MR) is 127 cm³/mol. The van der Waals surface area contributed by atoms with Crippen molar-refractivity contribution in [2.75, 3.05) is 19.1 Å². The van der Waals surface area contributed by atoms with Crippen molar-refractivity contribution in [3.63, 3.8) is 0 Å². The van der Waals surface area contributed by atoms with E-state index in [0.29, 0.717) is 5.69 Å². The Hall–Kier alpha value is -3.88. The third kappa shape index (κ3) is 4.99. The molecule has 1 aliphatic rings. The largest absolute Gasteiger partial charge is 0.468 e. The van der Waals surface area contributed by atoms with Crippen molar-refractivity contribution in [3.8, 4) is 0 Å². The summed E-state index contributed by atoms with van der Waals surface area (Å²) in [4.78, 5) is 54.7. The molecule has 0 unspecified atom stereocenters. The highest BCUT2D eigenvalue weighted by molar-refractivity contribution is 6.15. The number of benzene rings is 2. The summed E-state index contributed by atoms with van der Waals surface area (Å²) in [5.41, 5.74) is -0.782. The van der Waals surface area contributed by atoms with E-state index in [1.165, 1.54) is 4.90 Å². The molecule has 1 atom stereocenters. The fourth-order valence-electron chi connectivity index (χ4n) is 4.18. The fourth-order valence-corrected chi connectivity index (χ4v) is 4.18. The first-order chi connectivity index (χ1) is 16.4. The van der Waals surface area contributed by atoms with Crippen LogP contribution in [0.4, 0.5) is 10.5 Å². The molecule has 9 heteroatoms. The Morgan fingerprint density at radius 3 is 2.14 bits per heavy atom. The number of carbonyl (C=O) groups excluding carboxylic acids is 4. The number of ether oxygens (including phenoxy) is 3. The number of aryl methyl sites for hydroxylation is 1. The molecule has 2 amide bonds. The number of nitrogens with zero attached hydrogens (tertiary/aromatic N) is 1. The molecule has 1 aliphatic heterocycles. The maximum atomic E-state index is 14.2. The van der Waals surface area contributed by atoms with Crippen LogP contribution in [0.2, 0.25) is 0 Å². The van der Waals surface area contributed by atoms with E-state index in [1.807, 2.05) is 30.3 Å². The minimum absolute atomic E-state index is 0.141. The van der Waals surface area contributed by atoms with Gasteiger partial charge in [0, 0.05) is 5.56 Å². The van der Waals surface area contributed by atoms with Crippen molar-refractivity contribution in [1.29, 1.82) is 0 Å². The minimum atomic E-state index is -2.15. The first-order valence-corrected chi connectivity index (χ1v) is 11.1. The van der Waals surface area contributed by atoms with Crippen LogP contribution in [0.25, 0.3) is 0 Å². The number of amides is 2. The molecule has 0 saturated heterocycles. The number of alkyl carbamates (subject to hydrolysis) is 1. The van der Waals surface area contributed by atoms with E-state index in [4.69, 9.17) is 14.2 Å². The van der Waals surface area contributed by atoms with Crippen LogP contribution in [0.5, 0.6) is 0 Å². The van der Waals surface area contributed by atoms with Crippen LogP contribution in [-0.4, -0.2) is 43.8 Å². The maximum absolute atomic E-state index is 14.2. The van der Waals surface area contributed by atoms with Crippen molar-refractivity contribution < 1.29 is 33.4 Å². The molecule has 0 aliphatic carbocycles. The Labute approximate surface area is 204 Å². The first kappa shape index (κ1) is 25.7. The van der Waals surface area contributed by atoms with Gasteiger partial charge >= 0.3 is 18.0 Å². The second-order valence-corrected chi connectivity index (χ2v) is 9.31. The molecule has 35 heavy (non-hydrogen) atoms. The SMILES string of the molecule is COC(=O)C(C(=O)OC)[C@]1(NC(=O)OC(C)(C)C)C(=O)N(Cc2ccccc2)c2ccc(C)cc21. The number of hydrogen-bond acceptors (Lipinski definition) is 7. The minimum Gasteiger partial charge on any atom is -0.468 e. The molecule has 0 spiro atoms. The lowest BCUT2D eigenvalue weighted by molar-refractivity contribution is -0.165. The third-order valence-corrected chi connectivity index (χ3v) is 5.64. The molecule has 0 fully saturated rings. The van der Waals surface area contributed by atoms with Crippen molar-refractivity contribution in [2.45, 2.75) is 45.4 Å². The van der Waals surface area contributed by atoms with Crippen molar-refractivity contribution in [2.24, 2.45) is 5.92 Å². The Kier molecular flexibility index (Phi) is 7.19. The van der Waals surface area contributed by atoms with Crippen molar-refractivity contribution in [1.82, 2.24) is 5.32 Å².